The first kappa shape index (κ1) is 4.82. The Hall–Kier alpha value is -0.330. The molecule has 0 saturated carbocycles. The zero-order valence-corrected chi connectivity index (χ0v) is 5.07. The van der Waals surface area contributed by atoms with Gasteiger partial charge in [-0.2, -0.15) is 0 Å². The van der Waals surface area contributed by atoms with Gasteiger partial charge in [-0.3, -0.25) is 0 Å². The van der Waals surface area contributed by atoms with Crippen LogP contribution in [0.1, 0.15) is 20.3 Å². The van der Waals surface area contributed by atoms with Gasteiger partial charge in [-0.05, 0) is 0 Å². The lowest BCUT2D eigenvalue weighted by molar-refractivity contribution is -0.655. The lowest BCUT2D eigenvalue weighted by Crippen LogP contribution is -2.47. The molecular formula is C6H12N+. The molecule has 0 atom stereocenters. The Kier molecular flexibility index (Phi) is 0.748. The molecule has 1 saturated heterocycles. The van der Waals surface area contributed by atoms with E-state index < -0.39 is 0 Å². The molecule has 0 amide bonds. The molecule has 0 aromatic rings. The predicted molar refractivity (Wildman–Crippen MR) is 30.9 cm³/mol. The minimum absolute atomic E-state index is 0.403. The van der Waals surface area contributed by atoms with Gasteiger partial charge in [0.2, 0.25) is 0 Å². The zero-order valence-electron chi connectivity index (χ0n) is 5.07. The van der Waals surface area contributed by atoms with Gasteiger partial charge in [0.15, 0.2) is 5.54 Å². The van der Waals surface area contributed by atoms with E-state index in [4.69, 9.17) is 0 Å². The quantitative estimate of drug-likeness (QED) is 0.396. The summed E-state index contributed by atoms with van der Waals surface area (Å²) in [6.45, 7) is 9.43. The van der Waals surface area contributed by atoms with Crippen LogP contribution in [0.3, 0.4) is 0 Å². The largest absolute Gasteiger partial charge is 0.237 e. The fraction of sp³-hybridized carbons (Fsp3) is 0.833. The fourth-order valence-electron chi connectivity index (χ4n) is 0.717. The van der Waals surface area contributed by atoms with Crippen LogP contribution >= 0.6 is 0 Å². The second-order valence-corrected chi connectivity index (χ2v) is 2.83. The van der Waals surface area contributed by atoms with Crippen LogP contribution in [0.15, 0.2) is 0 Å². The standard InChI is InChI=1S/C6H12N/c1-6(2)4-5-7(6)3/h3-5H2,1-2H3/q+1. The van der Waals surface area contributed by atoms with E-state index >= 15 is 0 Å². The van der Waals surface area contributed by atoms with Crippen LogP contribution < -0.4 is 0 Å². The van der Waals surface area contributed by atoms with E-state index in [0.29, 0.717) is 5.54 Å². The van der Waals surface area contributed by atoms with Crippen molar-refractivity contribution in [3.05, 3.63) is 0 Å². The first-order valence-electron chi connectivity index (χ1n) is 2.71. The minimum Gasteiger partial charge on any atom is -0.237 e. The molecule has 7 heavy (non-hydrogen) atoms. The zero-order chi connectivity index (χ0) is 5.49. The van der Waals surface area contributed by atoms with Crippen molar-refractivity contribution in [1.29, 1.82) is 0 Å². The molecule has 0 bridgehead atoms. The van der Waals surface area contributed by atoms with E-state index in [1.807, 2.05) is 0 Å². The highest BCUT2D eigenvalue weighted by Gasteiger charge is 2.38. The summed E-state index contributed by atoms with van der Waals surface area (Å²) in [5.74, 6) is 0. The Labute approximate surface area is 44.7 Å². The molecule has 1 aliphatic rings. The third-order valence-electron chi connectivity index (χ3n) is 1.85. The highest BCUT2D eigenvalue weighted by molar-refractivity contribution is 5.16. The molecule has 0 spiro atoms. The molecule has 1 rings (SSSR count). The average Bonchev–Trinajstić information content (AvgIpc) is 1.63. The Morgan fingerprint density at radius 3 is 2.00 bits per heavy atom. The minimum atomic E-state index is 0.403. The van der Waals surface area contributed by atoms with Crippen molar-refractivity contribution < 1.29 is 4.58 Å². The summed E-state index contributed by atoms with van der Waals surface area (Å²) in [4.78, 5) is 0. The van der Waals surface area contributed by atoms with Gasteiger partial charge in [0.05, 0.1) is 6.42 Å². The molecule has 40 valence electrons. The van der Waals surface area contributed by atoms with Gasteiger partial charge in [0, 0.05) is 13.8 Å². The third kappa shape index (κ3) is 0.561. The van der Waals surface area contributed by atoms with Crippen LogP contribution in [0.4, 0.5) is 0 Å². The molecule has 1 heterocycles. The van der Waals surface area contributed by atoms with Gasteiger partial charge < -0.3 is 0 Å². The molecule has 0 aromatic heterocycles. The van der Waals surface area contributed by atoms with Gasteiger partial charge in [0.25, 0.3) is 0 Å². The monoisotopic (exact) mass is 98.1 g/mol. The average molecular weight is 98.2 g/mol. The summed E-state index contributed by atoms with van der Waals surface area (Å²) in [7, 11) is 0. The molecule has 0 radical (unpaired) electrons. The van der Waals surface area contributed by atoms with Crippen LogP contribution in [-0.4, -0.2) is 23.4 Å². The van der Waals surface area contributed by atoms with Crippen molar-refractivity contribution in [3.8, 4) is 0 Å². The van der Waals surface area contributed by atoms with Crippen molar-refractivity contribution >= 4 is 6.72 Å². The van der Waals surface area contributed by atoms with Crippen LogP contribution in [0.5, 0.6) is 0 Å². The normalized spacial score (nSPS) is 26.9. The maximum Gasteiger partial charge on any atom is 0.162 e. The Morgan fingerprint density at radius 1 is 1.57 bits per heavy atom. The molecular weight excluding hydrogens is 86.1 g/mol. The van der Waals surface area contributed by atoms with E-state index in [0.717, 1.165) is 0 Å². The van der Waals surface area contributed by atoms with Crippen LogP contribution in [0.25, 0.3) is 0 Å². The molecule has 0 unspecified atom stereocenters. The third-order valence-corrected chi connectivity index (χ3v) is 1.85. The van der Waals surface area contributed by atoms with Crippen LogP contribution in [-0.2, 0) is 0 Å². The van der Waals surface area contributed by atoms with Gasteiger partial charge in [0.1, 0.15) is 13.3 Å². The van der Waals surface area contributed by atoms with Crippen molar-refractivity contribution in [2.75, 3.05) is 6.54 Å². The molecule has 0 aliphatic carbocycles. The van der Waals surface area contributed by atoms with Crippen molar-refractivity contribution in [2.45, 2.75) is 25.8 Å². The summed E-state index contributed by atoms with van der Waals surface area (Å²) in [6, 6.07) is 0. The Morgan fingerprint density at radius 2 is 2.00 bits per heavy atom. The summed E-state index contributed by atoms with van der Waals surface area (Å²) in [5, 5.41) is 0. The van der Waals surface area contributed by atoms with Gasteiger partial charge >= 0.3 is 0 Å². The molecule has 1 fully saturated rings. The number of nitrogens with zero attached hydrogens (tertiary/aromatic N) is 1. The van der Waals surface area contributed by atoms with Gasteiger partial charge in [-0.25, -0.2) is 4.58 Å². The van der Waals surface area contributed by atoms with E-state index in [1.54, 1.807) is 0 Å². The van der Waals surface area contributed by atoms with Crippen LogP contribution in [0, 0.1) is 0 Å². The smallest absolute Gasteiger partial charge is 0.162 e. The van der Waals surface area contributed by atoms with E-state index in [2.05, 4.69) is 25.1 Å². The van der Waals surface area contributed by atoms with Crippen molar-refractivity contribution in [2.24, 2.45) is 0 Å². The number of hydrogen-bond donors (Lipinski definition) is 0. The molecule has 1 aliphatic heterocycles. The highest BCUT2D eigenvalue weighted by Crippen LogP contribution is 2.22. The van der Waals surface area contributed by atoms with Crippen LogP contribution in [0.2, 0.25) is 0 Å². The second-order valence-electron chi connectivity index (χ2n) is 2.83. The molecule has 1 heteroatoms. The molecule has 0 N–H and O–H groups in total. The number of hydrogen-bond acceptors (Lipinski definition) is 0. The van der Waals surface area contributed by atoms with E-state index in [1.165, 1.54) is 13.0 Å². The fourth-order valence-corrected chi connectivity index (χ4v) is 0.717. The summed E-state index contributed by atoms with van der Waals surface area (Å²) < 4.78 is 2.12. The van der Waals surface area contributed by atoms with Gasteiger partial charge in [-0.15, -0.1) is 0 Å². The van der Waals surface area contributed by atoms with E-state index in [-0.39, 0.29) is 0 Å². The maximum atomic E-state index is 3.83. The predicted octanol–water partition coefficient (Wildman–Crippen LogP) is 0.882. The Bertz CT molecular complexity index is 103. The summed E-state index contributed by atoms with van der Waals surface area (Å²) in [5.41, 5.74) is 0.403. The SMILES string of the molecule is C=[N+]1CCC1(C)C. The highest BCUT2D eigenvalue weighted by atomic mass is 15.1. The summed E-state index contributed by atoms with van der Waals surface area (Å²) in [6.07, 6.45) is 1.30. The Balaban J connectivity index is 2.59. The number of rotatable bonds is 0. The van der Waals surface area contributed by atoms with Gasteiger partial charge in [-0.1, -0.05) is 0 Å². The van der Waals surface area contributed by atoms with Crippen molar-refractivity contribution in [1.82, 2.24) is 0 Å². The van der Waals surface area contributed by atoms with Crippen molar-refractivity contribution in [3.63, 3.8) is 0 Å². The second kappa shape index (κ2) is 1.09. The lowest BCUT2D eigenvalue weighted by atomic mass is 9.92. The molecule has 1 nitrogen and oxygen atoms in total. The topological polar surface area (TPSA) is 3.01 Å². The van der Waals surface area contributed by atoms with E-state index in [9.17, 15) is 0 Å². The first-order valence-corrected chi connectivity index (χ1v) is 2.71. The first-order chi connectivity index (χ1) is 3.13. The molecule has 0 aromatic carbocycles. The maximum absolute atomic E-state index is 3.83. The summed E-state index contributed by atoms with van der Waals surface area (Å²) >= 11 is 0. The lowest BCUT2D eigenvalue weighted by Gasteiger charge is -2.29.